The van der Waals surface area contributed by atoms with Gasteiger partial charge in [-0.15, -0.1) is 0 Å². The Labute approximate surface area is 101 Å². The van der Waals surface area contributed by atoms with Crippen molar-refractivity contribution in [3.8, 4) is 0 Å². The molecule has 1 saturated carbocycles. The number of carbonyl (C=O) groups is 1. The van der Waals surface area contributed by atoms with Gasteiger partial charge in [-0.3, -0.25) is 4.79 Å². The molecule has 0 aliphatic heterocycles. The van der Waals surface area contributed by atoms with Crippen molar-refractivity contribution in [3.63, 3.8) is 0 Å². The summed E-state index contributed by atoms with van der Waals surface area (Å²) in [5.41, 5.74) is 0. The number of hydrogen-bond acceptors (Lipinski definition) is 1. The van der Waals surface area contributed by atoms with Crippen LogP contribution in [0.1, 0.15) is 66.2 Å². The van der Waals surface area contributed by atoms with Crippen LogP contribution in [0.15, 0.2) is 0 Å². The molecule has 0 aromatic heterocycles. The average Bonchev–Trinajstić information content (AvgIpc) is 2.11. The smallest absolute Gasteiger partial charge is 0.138 e. The Balaban J connectivity index is 2.41. The van der Waals surface area contributed by atoms with Crippen LogP contribution < -0.4 is 0 Å². The van der Waals surface area contributed by atoms with Crippen LogP contribution in [-0.4, -0.2) is 5.78 Å². The van der Waals surface area contributed by atoms with E-state index in [0.717, 1.165) is 18.3 Å². The summed E-state index contributed by atoms with van der Waals surface area (Å²) >= 11 is 0. The topological polar surface area (TPSA) is 17.1 Å². The quantitative estimate of drug-likeness (QED) is 0.624. The van der Waals surface area contributed by atoms with E-state index in [1.807, 2.05) is 0 Å². The molecule has 1 unspecified atom stereocenters. The van der Waals surface area contributed by atoms with Crippen LogP contribution in [0.25, 0.3) is 0 Å². The van der Waals surface area contributed by atoms with Crippen molar-refractivity contribution < 1.29 is 4.79 Å². The molecule has 16 heavy (non-hydrogen) atoms. The van der Waals surface area contributed by atoms with Gasteiger partial charge in [0.15, 0.2) is 0 Å². The maximum atomic E-state index is 12.2. The molecule has 0 aromatic rings. The second-order valence-electron chi connectivity index (χ2n) is 6.18. The van der Waals surface area contributed by atoms with Crippen LogP contribution in [-0.2, 0) is 4.79 Å². The van der Waals surface area contributed by atoms with Gasteiger partial charge in [-0.25, -0.2) is 0 Å². The predicted molar refractivity (Wildman–Crippen MR) is 69.4 cm³/mol. The molecule has 0 heterocycles. The summed E-state index contributed by atoms with van der Waals surface area (Å²) < 4.78 is 0. The number of Topliss-reactive ketones (excluding diaryl/α,β-unsaturated/α-hetero) is 1. The Bertz CT molecular complexity index is 213. The van der Waals surface area contributed by atoms with E-state index in [-0.39, 0.29) is 5.92 Å². The summed E-state index contributed by atoms with van der Waals surface area (Å²) in [5, 5.41) is 0. The third-order valence-corrected chi connectivity index (χ3v) is 3.95. The van der Waals surface area contributed by atoms with Crippen LogP contribution in [0.5, 0.6) is 0 Å². The zero-order valence-corrected chi connectivity index (χ0v) is 11.5. The molecule has 0 amide bonds. The Morgan fingerprint density at radius 3 is 2.12 bits per heavy atom. The van der Waals surface area contributed by atoms with Crippen LogP contribution in [0.2, 0.25) is 0 Å². The summed E-state index contributed by atoms with van der Waals surface area (Å²) in [6, 6.07) is 0. The van der Waals surface area contributed by atoms with Crippen molar-refractivity contribution in [1.29, 1.82) is 0 Å². The summed E-state index contributed by atoms with van der Waals surface area (Å²) in [6.45, 7) is 8.64. The highest BCUT2D eigenvalue weighted by molar-refractivity contribution is 5.83. The minimum atomic E-state index is 0.227. The van der Waals surface area contributed by atoms with E-state index in [4.69, 9.17) is 0 Å². The maximum absolute atomic E-state index is 12.2. The van der Waals surface area contributed by atoms with Crippen molar-refractivity contribution in [2.75, 3.05) is 0 Å². The monoisotopic (exact) mass is 224 g/mol. The lowest BCUT2D eigenvalue weighted by Gasteiger charge is -2.34. The molecule has 0 bridgehead atoms. The first-order valence-corrected chi connectivity index (χ1v) is 7.06. The van der Waals surface area contributed by atoms with Crippen LogP contribution >= 0.6 is 0 Å². The van der Waals surface area contributed by atoms with Gasteiger partial charge in [0, 0.05) is 11.8 Å². The first-order chi connectivity index (χ1) is 7.52. The van der Waals surface area contributed by atoms with E-state index in [9.17, 15) is 4.79 Å². The van der Waals surface area contributed by atoms with Crippen molar-refractivity contribution in [2.24, 2.45) is 23.7 Å². The van der Waals surface area contributed by atoms with E-state index in [1.54, 1.807) is 0 Å². The predicted octanol–water partition coefficient (Wildman–Crippen LogP) is 4.45. The molecule has 0 aromatic carbocycles. The fourth-order valence-electron chi connectivity index (χ4n) is 2.63. The molecule has 1 nitrogen and oxygen atoms in total. The molecule has 0 radical (unpaired) electrons. The highest BCUT2D eigenvalue weighted by Crippen LogP contribution is 2.37. The number of carbonyl (C=O) groups excluding carboxylic acids is 1. The summed E-state index contributed by atoms with van der Waals surface area (Å²) in [6.07, 6.45) is 7.58. The molecule has 1 rings (SSSR count). The molecular weight excluding hydrogens is 196 g/mol. The SMILES string of the molecule is CC(C)CCCC(C(=O)C(C)C)C1CCC1. The average molecular weight is 224 g/mol. The van der Waals surface area contributed by atoms with Gasteiger partial charge in [0.05, 0.1) is 0 Å². The molecule has 0 spiro atoms. The minimum Gasteiger partial charge on any atom is -0.299 e. The normalized spacial score (nSPS) is 18.9. The van der Waals surface area contributed by atoms with Crippen LogP contribution in [0.3, 0.4) is 0 Å². The Hall–Kier alpha value is -0.330. The molecule has 1 aliphatic rings. The van der Waals surface area contributed by atoms with E-state index in [2.05, 4.69) is 27.7 Å². The number of hydrogen-bond donors (Lipinski definition) is 0. The van der Waals surface area contributed by atoms with Crippen LogP contribution in [0.4, 0.5) is 0 Å². The lowest BCUT2D eigenvalue weighted by Crippen LogP contribution is -2.31. The van der Waals surface area contributed by atoms with Gasteiger partial charge in [-0.05, 0) is 31.1 Å². The Morgan fingerprint density at radius 1 is 1.12 bits per heavy atom. The first-order valence-electron chi connectivity index (χ1n) is 7.06. The van der Waals surface area contributed by atoms with Gasteiger partial charge < -0.3 is 0 Å². The van der Waals surface area contributed by atoms with Gasteiger partial charge in [-0.1, -0.05) is 47.0 Å². The molecule has 0 N–H and O–H groups in total. The molecular formula is C15H28O. The van der Waals surface area contributed by atoms with Gasteiger partial charge in [0.1, 0.15) is 5.78 Å². The van der Waals surface area contributed by atoms with Gasteiger partial charge in [0.25, 0.3) is 0 Å². The standard InChI is InChI=1S/C15H28O/c1-11(2)7-5-10-14(13-8-6-9-13)15(16)12(3)4/h11-14H,5-10H2,1-4H3. The molecule has 1 aliphatic carbocycles. The number of rotatable bonds is 7. The van der Waals surface area contributed by atoms with Gasteiger partial charge >= 0.3 is 0 Å². The fourth-order valence-corrected chi connectivity index (χ4v) is 2.63. The lowest BCUT2D eigenvalue weighted by molar-refractivity contribution is -0.129. The second-order valence-corrected chi connectivity index (χ2v) is 6.18. The highest BCUT2D eigenvalue weighted by Gasteiger charge is 2.32. The molecule has 1 atom stereocenters. The second kappa shape index (κ2) is 6.42. The molecule has 0 saturated heterocycles. The van der Waals surface area contributed by atoms with Crippen LogP contribution in [0, 0.1) is 23.7 Å². The zero-order valence-electron chi connectivity index (χ0n) is 11.5. The summed E-state index contributed by atoms with van der Waals surface area (Å²) in [7, 11) is 0. The third kappa shape index (κ3) is 3.92. The van der Waals surface area contributed by atoms with E-state index in [0.29, 0.717) is 11.7 Å². The number of ketones is 1. The molecule has 1 fully saturated rings. The van der Waals surface area contributed by atoms with Crippen molar-refractivity contribution in [1.82, 2.24) is 0 Å². The Kier molecular flexibility index (Phi) is 5.51. The summed E-state index contributed by atoms with van der Waals surface area (Å²) in [5.74, 6) is 2.63. The fraction of sp³-hybridized carbons (Fsp3) is 0.933. The summed E-state index contributed by atoms with van der Waals surface area (Å²) in [4.78, 5) is 12.2. The van der Waals surface area contributed by atoms with Crippen molar-refractivity contribution >= 4 is 5.78 Å². The first kappa shape index (κ1) is 13.7. The molecule has 94 valence electrons. The lowest BCUT2D eigenvalue weighted by atomic mass is 9.70. The third-order valence-electron chi connectivity index (χ3n) is 3.95. The maximum Gasteiger partial charge on any atom is 0.138 e. The van der Waals surface area contributed by atoms with Gasteiger partial charge in [0.2, 0.25) is 0 Å². The van der Waals surface area contributed by atoms with Crippen molar-refractivity contribution in [2.45, 2.75) is 66.2 Å². The van der Waals surface area contributed by atoms with Gasteiger partial charge in [-0.2, -0.15) is 0 Å². The minimum absolute atomic E-state index is 0.227. The van der Waals surface area contributed by atoms with E-state index < -0.39 is 0 Å². The largest absolute Gasteiger partial charge is 0.299 e. The highest BCUT2D eigenvalue weighted by atomic mass is 16.1. The molecule has 1 heteroatoms. The zero-order chi connectivity index (χ0) is 12.1. The Morgan fingerprint density at radius 2 is 1.75 bits per heavy atom. The van der Waals surface area contributed by atoms with E-state index >= 15 is 0 Å². The van der Waals surface area contributed by atoms with E-state index in [1.165, 1.54) is 32.1 Å². The van der Waals surface area contributed by atoms with Crippen molar-refractivity contribution in [3.05, 3.63) is 0 Å².